The second-order valence-corrected chi connectivity index (χ2v) is 5.82. The molecule has 1 aromatic carbocycles. The summed E-state index contributed by atoms with van der Waals surface area (Å²) in [6.07, 6.45) is 2.16. The molecule has 0 radical (unpaired) electrons. The molecule has 1 heterocycles. The Labute approximate surface area is 120 Å². The zero-order valence-electron chi connectivity index (χ0n) is 10.8. The van der Waals surface area contributed by atoms with E-state index in [1.165, 1.54) is 6.07 Å². The van der Waals surface area contributed by atoms with Crippen LogP contribution in [0.4, 0.5) is 4.39 Å². The Morgan fingerprint density at radius 1 is 1.58 bits per heavy atom. The predicted molar refractivity (Wildman–Crippen MR) is 74.4 cm³/mol. The lowest BCUT2D eigenvalue weighted by molar-refractivity contribution is -0.150. The molecule has 1 aliphatic rings. The summed E-state index contributed by atoms with van der Waals surface area (Å²) in [5.41, 5.74) is 0.162. The maximum absolute atomic E-state index is 13.2. The summed E-state index contributed by atoms with van der Waals surface area (Å²) in [5.74, 6) is -1.06. The van der Waals surface area contributed by atoms with Gasteiger partial charge in [-0.25, -0.2) is 4.39 Å². The van der Waals surface area contributed by atoms with Crippen molar-refractivity contribution in [2.24, 2.45) is 0 Å². The number of halogens is 2. The Morgan fingerprint density at radius 3 is 2.89 bits per heavy atom. The first-order valence-corrected chi connectivity index (χ1v) is 7.21. The molecule has 0 amide bonds. The molecule has 0 aromatic heterocycles. The van der Waals surface area contributed by atoms with Crippen LogP contribution in [0.3, 0.4) is 0 Å². The van der Waals surface area contributed by atoms with Gasteiger partial charge in [0.15, 0.2) is 0 Å². The highest BCUT2D eigenvalue weighted by Gasteiger charge is 2.45. The van der Waals surface area contributed by atoms with Gasteiger partial charge in [0.25, 0.3) is 0 Å². The fourth-order valence-electron chi connectivity index (χ4n) is 2.82. The smallest absolute Gasteiger partial charge is 0.324 e. The lowest BCUT2D eigenvalue weighted by Crippen LogP contribution is -2.49. The van der Waals surface area contributed by atoms with Crippen molar-refractivity contribution in [3.63, 3.8) is 0 Å². The molecule has 0 bridgehead atoms. The molecule has 19 heavy (non-hydrogen) atoms. The number of benzene rings is 1. The third kappa shape index (κ3) is 2.67. The number of carbonyl (C=O) groups is 1. The van der Waals surface area contributed by atoms with Crippen molar-refractivity contribution in [3.8, 4) is 0 Å². The van der Waals surface area contributed by atoms with Crippen molar-refractivity contribution in [2.75, 3.05) is 6.54 Å². The van der Waals surface area contributed by atoms with Crippen LogP contribution in [0.25, 0.3) is 0 Å². The van der Waals surface area contributed by atoms with E-state index in [1.807, 2.05) is 11.8 Å². The van der Waals surface area contributed by atoms with Crippen LogP contribution < -0.4 is 0 Å². The van der Waals surface area contributed by atoms with Crippen molar-refractivity contribution in [2.45, 2.75) is 38.3 Å². The molecule has 1 fully saturated rings. The molecule has 0 spiro atoms. The van der Waals surface area contributed by atoms with Gasteiger partial charge in [0.1, 0.15) is 11.4 Å². The fourth-order valence-corrected chi connectivity index (χ4v) is 3.24. The number of hydrogen-bond donors (Lipinski definition) is 1. The van der Waals surface area contributed by atoms with Crippen molar-refractivity contribution in [3.05, 3.63) is 34.1 Å². The van der Waals surface area contributed by atoms with Crippen LogP contribution in [-0.2, 0) is 11.3 Å². The summed E-state index contributed by atoms with van der Waals surface area (Å²) in [4.78, 5) is 13.6. The highest BCUT2D eigenvalue weighted by atomic mass is 79.9. The third-order valence-electron chi connectivity index (χ3n) is 3.96. The van der Waals surface area contributed by atoms with Gasteiger partial charge in [-0.3, -0.25) is 9.69 Å². The lowest BCUT2D eigenvalue weighted by Gasteiger charge is -2.34. The fraction of sp³-hybridized carbons (Fsp3) is 0.500. The standard InChI is InChI=1S/C14H17BrFNO2/c1-2-14(13(18)19)6-3-7-17(14)9-10-4-5-12(16)11(15)8-10/h4-5,8H,2-3,6-7,9H2,1H3,(H,18,19). The van der Waals surface area contributed by atoms with Crippen LogP contribution in [0, 0.1) is 5.82 Å². The summed E-state index contributed by atoms with van der Waals surface area (Å²) in [7, 11) is 0. The zero-order valence-corrected chi connectivity index (χ0v) is 12.4. The third-order valence-corrected chi connectivity index (χ3v) is 4.57. The summed E-state index contributed by atoms with van der Waals surface area (Å²) in [6, 6.07) is 4.83. The number of aliphatic carboxylic acids is 1. The van der Waals surface area contributed by atoms with E-state index in [0.29, 0.717) is 23.9 Å². The van der Waals surface area contributed by atoms with Crippen LogP contribution >= 0.6 is 15.9 Å². The van der Waals surface area contributed by atoms with Crippen molar-refractivity contribution in [1.82, 2.24) is 4.90 Å². The summed E-state index contributed by atoms with van der Waals surface area (Å²) < 4.78 is 13.6. The van der Waals surface area contributed by atoms with E-state index >= 15 is 0 Å². The first-order chi connectivity index (χ1) is 8.99. The van der Waals surface area contributed by atoms with Gasteiger partial charge in [-0.15, -0.1) is 0 Å². The monoisotopic (exact) mass is 329 g/mol. The van der Waals surface area contributed by atoms with Gasteiger partial charge in [0.05, 0.1) is 4.47 Å². The Hall–Kier alpha value is -0.940. The molecular weight excluding hydrogens is 313 g/mol. The van der Waals surface area contributed by atoms with Crippen molar-refractivity contribution < 1.29 is 14.3 Å². The number of likely N-dealkylation sites (tertiary alicyclic amines) is 1. The minimum atomic E-state index is -0.763. The molecule has 1 aliphatic heterocycles. The normalized spacial score (nSPS) is 23.7. The summed E-state index contributed by atoms with van der Waals surface area (Å²) >= 11 is 3.16. The Kier molecular flexibility index (Phi) is 4.26. The highest BCUT2D eigenvalue weighted by molar-refractivity contribution is 9.10. The number of rotatable bonds is 4. The molecule has 1 aromatic rings. The number of nitrogens with zero attached hydrogens (tertiary/aromatic N) is 1. The number of carboxylic acid groups (broad SMARTS) is 1. The molecule has 1 N–H and O–H groups in total. The lowest BCUT2D eigenvalue weighted by atomic mass is 9.92. The Balaban J connectivity index is 2.21. The molecule has 0 aliphatic carbocycles. The Morgan fingerprint density at radius 2 is 2.32 bits per heavy atom. The summed E-state index contributed by atoms with van der Waals surface area (Å²) in [6.45, 7) is 3.22. The SMILES string of the molecule is CCC1(C(=O)O)CCCN1Cc1ccc(F)c(Br)c1. The van der Waals surface area contributed by atoms with E-state index in [4.69, 9.17) is 0 Å². The van der Waals surface area contributed by atoms with Crippen molar-refractivity contribution in [1.29, 1.82) is 0 Å². The first kappa shape index (κ1) is 14.5. The van der Waals surface area contributed by atoms with E-state index in [-0.39, 0.29) is 5.82 Å². The molecule has 1 saturated heterocycles. The first-order valence-electron chi connectivity index (χ1n) is 6.42. The minimum Gasteiger partial charge on any atom is -0.480 e. The number of carboxylic acids is 1. The predicted octanol–water partition coefficient (Wildman–Crippen LogP) is 3.42. The van der Waals surface area contributed by atoms with Gasteiger partial charge >= 0.3 is 5.97 Å². The van der Waals surface area contributed by atoms with Gasteiger partial charge in [-0.2, -0.15) is 0 Å². The molecule has 2 rings (SSSR count). The second kappa shape index (κ2) is 5.59. The quantitative estimate of drug-likeness (QED) is 0.920. The van der Waals surface area contributed by atoms with Gasteiger partial charge in [-0.1, -0.05) is 13.0 Å². The largest absolute Gasteiger partial charge is 0.480 e. The maximum atomic E-state index is 13.2. The maximum Gasteiger partial charge on any atom is 0.324 e. The van der Waals surface area contributed by atoms with E-state index in [2.05, 4.69) is 15.9 Å². The molecule has 104 valence electrons. The van der Waals surface area contributed by atoms with Gasteiger partial charge in [-0.05, 0) is 59.4 Å². The van der Waals surface area contributed by atoms with Crippen LogP contribution in [0.1, 0.15) is 31.7 Å². The highest BCUT2D eigenvalue weighted by Crippen LogP contribution is 2.34. The van der Waals surface area contributed by atoms with Crippen LogP contribution in [0.2, 0.25) is 0 Å². The second-order valence-electron chi connectivity index (χ2n) is 4.96. The molecular formula is C14H17BrFNO2. The van der Waals surface area contributed by atoms with Crippen LogP contribution in [0.15, 0.2) is 22.7 Å². The van der Waals surface area contributed by atoms with Crippen molar-refractivity contribution >= 4 is 21.9 Å². The van der Waals surface area contributed by atoms with E-state index in [9.17, 15) is 14.3 Å². The van der Waals surface area contributed by atoms with Gasteiger partial charge in [0.2, 0.25) is 0 Å². The molecule has 1 unspecified atom stereocenters. The zero-order chi connectivity index (χ0) is 14.0. The average Bonchev–Trinajstić information content (AvgIpc) is 2.78. The van der Waals surface area contributed by atoms with Crippen LogP contribution in [-0.4, -0.2) is 28.1 Å². The number of hydrogen-bond acceptors (Lipinski definition) is 2. The minimum absolute atomic E-state index is 0.301. The van der Waals surface area contributed by atoms with E-state index < -0.39 is 11.5 Å². The van der Waals surface area contributed by atoms with E-state index in [1.54, 1.807) is 12.1 Å². The molecule has 5 heteroatoms. The average molecular weight is 330 g/mol. The molecule has 0 saturated carbocycles. The summed E-state index contributed by atoms with van der Waals surface area (Å²) in [5, 5.41) is 9.50. The molecule has 1 atom stereocenters. The topological polar surface area (TPSA) is 40.5 Å². The van der Waals surface area contributed by atoms with Gasteiger partial charge in [0, 0.05) is 6.54 Å². The van der Waals surface area contributed by atoms with E-state index in [0.717, 1.165) is 18.5 Å². The Bertz CT molecular complexity index is 494. The van der Waals surface area contributed by atoms with Gasteiger partial charge < -0.3 is 5.11 Å². The molecule has 3 nitrogen and oxygen atoms in total. The van der Waals surface area contributed by atoms with Crippen LogP contribution in [0.5, 0.6) is 0 Å².